The van der Waals surface area contributed by atoms with Crippen LogP contribution in [0.3, 0.4) is 0 Å². The van der Waals surface area contributed by atoms with E-state index in [-0.39, 0.29) is 43.8 Å². The molecule has 204 valence electrons. The molecule has 2 amide bonds. The molecular formula is C27H38ClN3O5S. The minimum Gasteiger partial charge on any atom is -0.497 e. The number of nitrogens with zero attached hydrogens (tertiary/aromatic N) is 2. The number of anilines is 1. The van der Waals surface area contributed by atoms with E-state index in [1.807, 2.05) is 45.0 Å². The Morgan fingerprint density at radius 3 is 2.32 bits per heavy atom. The topological polar surface area (TPSA) is 96.0 Å². The van der Waals surface area contributed by atoms with Crippen LogP contribution in [0.2, 0.25) is 5.02 Å². The molecule has 0 spiro atoms. The summed E-state index contributed by atoms with van der Waals surface area (Å²) in [6.07, 6.45) is 2.71. The molecule has 0 aromatic heterocycles. The highest BCUT2D eigenvalue weighted by atomic mass is 35.5. The second kappa shape index (κ2) is 14.2. The number of amides is 2. The fourth-order valence-corrected chi connectivity index (χ4v) is 5.03. The van der Waals surface area contributed by atoms with Crippen molar-refractivity contribution in [3.8, 4) is 5.75 Å². The Hall–Kier alpha value is -2.78. The zero-order valence-electron chi connectivity index (χ0n) is 22.2. The normalized spacial score (nSPS) is 12.9. The van der Waals surface area contributed by atoms with Crippen LogP contribution in [0.25, 0.3) is 0 Å². The third-order valence-electron chi connectivity index (χ3n) is 6.14. The molecule has 0 aliphatic carbocycles. The van der Waals surface area contributed by atoms with E-state index in [2.05, 4.69) is 5.32 Å². The molecule has 0 fully saturated rings. The van der Waals surface area contributed by atoms with Crippen molar-refractivity contribution in [1.29, 1.82) is 0 Å². The largest absolute Gasteiger partial charge is 0.497 e. The Morgan fingerprint density at radius 1 is 1.08 bits per heavy atom. The highest BCUT2D eigenvalue weighted by molar-refractivity contribution is 7.92. The van der Waals surface area contributed by atoms with Crippen LogP contribution in [0.15, 0.2) is 48.5 Å². The quantitative estimate of drug-likeness (QED) is 0.370. The molecule has 0 heterocycles. The van der Waals surface area contributed by atoms with Gasteiger partial charge in [-0.1, -0.05) is 37.6 Å². The molecule has 2 rings (SSSR count). The maximum absolute atomic E-state index is 13.5. The van der Waals surface area contributed by atoms with Crippen LogP contribution < -0.4 is 14.4 Å². The first-order valence-electron chi connectivity index (χ1n) is 12.5. The maximum atomic E-state index is 13.5. The van der Waals surface area contributed by atoms with Gasteiger partial charge >= 0.3 is 0 Å². The molecule has 0 radical (unpaired) electrons. The molecule has 8 nitrogen and oxygen atoms in total. The summed E-state index contributed by atoms with van der Waals surface area (Å²) in [4.78, 5) is 28.2. The third-order valence-corrected chi connectivity index (χ3v) is 7.59. The Morgan fingerprint density at radius 2 is 1.76 bits per heavy atom. The summed E-state index contributed by atoms with van der Waals surface area (Å²) in [6.45, 7) is 6.14. The molecule has 0 aliphatic heterocycles. The van der Waals surface area contributed by atoms with Crippen LogP contribution in [-0.2, 0) is 26.2 Å². The van der Waals surface area contributed by atoms with Crippen molar-refractivity contribution in [2.24, 2.45) is 0 Å². The summed E-state index contributed by atoms with van der Waals surface area (Å²) >= 11 is 5.95. The lowest BCUT2D eigenvalue weighted by Crippen LogP contribution is -2.50. The fourth-order valence-electron chi connectivity index (χ4n) is 3.94. The fraction of sp³-hybridized carbons (Fsp3) is 0.481. The average molecular weight is 552 g/mol. The number of hydrogen-bond acceptors (Lipinski definition) is 5. The molecule has 2 aromatic rings. The van der Waals surface area contributed by atoms with Crippen molar-refractivity contribution < 1.29 is 22.7 Å². The summed E-state index contributed by atoms with van der Waals surface area (Å²) in [7, 11) is -1.99. The molecule has 1 N–H and O–H groups in total. The molecule has 0 aliphatic rings. The molecular weight excluding hydrogens is 514 g/mol. The Kier molecular flexibility index (Phi) is 11.7. The van der Waals surface area contributed by atoms with E-state index >= 15 is 0 Å². The van der Waals surface area contributed by atoms with Gasteiger partial charge in [0.05, 0.1) is 19.1 Å². The lowest BCUT2D eigenvalue weighted by molar-refractivity contribution is -0.141. The Bertz CT molecular complexity index is 1140. The van der Waals surface area contributed by atoms with Gasteiger partial charge in [0.25, 0.3) is 0 Å². The van der Waals surface area contributed by atoms with Crippen LogP contribution in [0.1, 0.15) is 52.0 Å². The van der Waals surface area contributed by atoms with Gasteiger partial charge in [-0.2, -0.15) is 0 Å². The SMILES string of the molecule is CCC(C)NC(=O)C(CC)N(Cc1cccc(OC)c1)C(=O)CCCN(c1ccc(Cl)cc1)S(C)(=O)=O. The molecule has 0 bridgehead atoms. The van der Waals surface area contributed by atoms with Gasteiger partial charge in [-0.3, -0.25) is 13.9 Å². The summed E-state index contributed by atoms with van der Waals surface area (Å²) in [5.41, 5.74) is 1.31. The summed E-state index contributed by atoms with van der Waals surface area (Å²) in [6, 6.07) is 13.2. The predicted octanol–water partition coefficient (Wildman–Crippen LogP) is 4.62. The van der Waals surface area contributed by atoms with E-state index in [1.165, 1.54) is 4.31 Å². The molecule has 2 atom stereocenters. The van der Waals surface area contributed by atoms with Gasteiger partial charge in [0.1, 0.15) is 11.8 Å². The second-order valence-corrected chi connectivity index (χ2v) is 11.4. The van der Waals surface area contributed by atoms with Crippen molar-refractivity contribution in [3.63, 3.8) is 0 Å². The van der Waals surface area contributed by atoms with Crippen LogP contribution in [-0.4, -0.2) is 57.1 Å². The first-order valence-corrected chi connectivity index (χ1v) is 14.7. The van der Waals surface area contributed by atoms with Crippen LogP contribution >= 0.6 is 11.6 Å². The van der Waals surface area contributed by atoms with Crippen molar-refractivity contribution in [3.05, 3.63) is 59.1 Å². The number of ether oxygens (including phenoxy) is 1. The zero-order chi connectivity index (χ0) is 27.6. The van der Waals surface area contributed by atoms with Gasteiger partial charge in [-0.15, -0.1) is 0 Å². The first kappa shape index (κ1) is 30.4. The lowest BCUT2D eigenvalue weighted by atomic mass is 10.1. The Balaban J connectivity index is 2.24. The number of carbonyl (C=O) groups excluding carboxylic acids is 2. The molecule has 0 saturated carbocycles. The molecule has 0 saturated heterocycles. The van der Waals surface area contributed by atoms with Gasteiger partial charge in [0, 0.05) is 30.6 Å². The van der Waals surface area contributed by atoms with E-state index in [4.69, 9.17) is 16.3 Å². The maximum Gasteiger partial charge on any atom is 0.243 e. The minimum atomic E-state index is -3.57. The van der Waals surface area contributed by atoms with Gasteiger partial charge in [0.2, 0.25) is 21.8 Å². The summed E-state index contributed by atoms with van der Waals surface area (Å²) < 4.78 is 31.4. The number of sulfonamides is 1. The molecule has 37 heavy (non-hydrogen) atoms. The smallest absolute Gasteiger partial charge is 0.243 e. The van der Waals surface area contributed by atoms with Gasteiger partial charge in [-0.05, 0) is 68.1 Å². The molecule has 10 heteroatoms. The lowest BCUT2D eigenvalue weighted by Gasteiger charge is -2.32. The summed E-state index contributed by atoms with van der Waals surface area (Å²) in [5, 5.41) is 3.49. The van der Waals surface area contributed by atoms with E-state index < -0.39 is 16.1 Å². The van der Waals surface area contributed by atoms with Crippen molar-refractivity contribution >= 4 is 39.1 Å². The third kappa shape index (κ3) is 9.23. The number of carbonyl (C=O) groups is 2. The number of benzene rings is 2. The highest BCUT2D eigenvalue weighted by Gasteiger charge is 2.29. The van der Waals surface area contributed by atoms with E-state index in [0.29, 0.717) is 22.9 Å². The van der Waals surface area contributed by atoms with E-state index in [0.717, 1.165) is 18.2 Å². The molecule has 2 unspecified atom stereocenters. The van der Waals surface area contributed by atoms with Crippen LogP contribution in [0.5, 0.6) is 5.75 Å². The number of halogens is 1. The summed E-state index contributed by atoms with van der Waals surface area (Å²) in [5.74, 6) is 0.235. The first-order chi connectivity index (χ1) is 17.5. The van der Waals surface area contributed by atoms with Gasteiger partial charge in [-0.25, -0.2) is 8.42 Å². The standard InChI is InChI=1S/C27H38ClN3O5S/c1-6-20(3)29-27(33)25(7-2)30(19-21-10-8-11-24(18-21)36-4)26(32)12-9-17-31(37(5,34)35)23-15-13-22(28)14-16-23/h8,10-11,13-16,18,20,25H,6-7,9,12,17,19H2,1-5H3,(H,29,33). The predicted molar refractivity (Wildman–Crippen MR) is 148 cm³/mol. The Labute approximate surface area is 226 Å². The molecule has 2 aromatic carbocycles. The minimum absolute atomic E-state index is 0.0157. The van der Waals surface area contributed by atoms with Crippen molar-refractivity contribution in [2.75, 3.05) is 24.2 Å². The van der Waals surface area contributed by atoms with Gasteiger partial charge in [0.15, 0.2) is 0 Å². The van der Waals surface area contributed by atoms with Crippen LogP contribution in [0, 0.1) is 0 Å². The van der Waals surface area contributed by atoms with E-state index in [1.54, 1.807) is 36.3 Å². The monoisotopic (exact) mass is 551 g/mol. The number of nitrogens with one attached hydrogen (secondary N) is 1. The second-order valence-electron chi connectivity index (χ2n) is 9.03. The van der Waals surface area contributed by atoms with Crippen LogP contribution in [0.4, 0.5) is 5.69 Å². The van der Waals surface area contributed by atoms with E-state index in [9.17, 15) is 18.0 Å². The van der Waals surface area contributed by atoms with Crippen molar-refractivity contribution in [1.82, 2.24) is 10.2 Å². The van der Waals surface area contributed by atoms with Gasteiger partial charge < -0.3 is 15.0 Å². The number of rotatable bonds is 14. The highest BCUT2D eigenvalue weighted by Crippen LogP contribution is 2.22. The number of methoxy groups -OCH3 is 1. The average Bonchev–Trinajstić information content (AvgIpc) is 2.86. The number of hydrogen-bond donors (Lipinski definition) is 1. The van der Waals surface area contributed by atoms with Crippen molar-refractivity contribution in [2.45, 2.75) is 65.1 Å². The zero-order valence-corrected chi connectivity index (χ0v) is 23.8.